The summed E-state index contributed by atoms with van der Waals surface area (Å²) in [6.07, 6.45) is 2.52. The predicted molar refractivity (Wildman–Crippen MR) is 104 cm³/mol. The molecule has 2 atom stereocenters. The lowest BCUT2D eigenvalue weighted by molar-refractivity contribution is -0.157. The fraction of sp³-hybridized carbons (Fsp3) is 0.273. The van der Waals surface area contributed by atoms with Crippen LogP contribution in [0.3, 0.4) is 0 Å². The highest BCUT2D eigenvalue weighted by atomic mass is 16.7. The lowest BCUT2D eigenvalue weighted by Gasteiger charge is -2.46. The van der Waals surface area contributed by atoms with Gasteiger partial charge in [-0.3, -0.25) is 9.59 Å². The van der Waals surface area contributed by atoms with Gasteiger partial charge in [0.05, 0.1) is 12.6 Å². The maximum Gasteiger partial charge on any atom is 0.246 e. The van der Waals surface area contributed by atoms with E-state index >= 15 is 0 Å². The van der Waals surface area contributed by atoms with Crippen molar-refractivity contribution in [3.05, 3.63) is 65.5 Å². The van der Waals surface area contributed by atoms with E-state index in [9.17, 15) is 9.59 Å². The zero-order valence-corrected chi connectivity index (χ0v) is 15.9. The molecule has 0 saturated carbocycles. The number of carbonyl (C=O) groups is 2. The van der Waals surface area contributed by atoms with Gasteiger partial charge in [-0.05, 0) is 35.9 Å². The zero-order valence-electron chi connectivity index (χ0n) is 15.9. The molecule has 146 valence electrons. The normalized spacial score (nSPS) is 22.8. The minimum atomic E-state index is -0.512. The molecule has 0 radical (unpaired) electrons. The zero-order chi connectivity index (χ0) is 19.7. The fourth-order valence-corrected chi connectivity index (χ4v) is 4.83. The van der Waals surface area contributed by atoms with Gasteiger partial charge in [-0.2, -0.15) is 0 Å². The Labute approximate surface area is 167 Å². The average molecular weight is 389 g/mol. The second-order valence-electron chi connectivity index (χ2n) is 7.77. The van der Waals surface area contributed by atoms with Gasteiger partial charge in [0.25, 0.3) is 0 Å². The van der Waals surface area contributed by atoms with E-state index in [4.69, 9.17) is 9.47 Å². The molecule has 0 aliphatic carbocycles. The number of hydrogen-bond acceptors (Lipinski definition) is 4. The second kappa shape index (κ2) is 5.76. The van der Waals surface area contributed by atoms with Gasteiger partial charge in [0, 0.05) is 36.4 Å². The third kappa shape index (κ3) is 2.24. The third-order valence-electron chi connectivity index (χ3n) is 6.15. The summed E-state index contributed by atoms with van der Waals surface area (Å²) in [5.74, 6) is 1.31. The number of piperazine rings is 1. The smallest absolute Gasteiger partial charge is 0.246 e. The molecule has 5 heterocycles. The van der Waals surface area contributed by atoms with Crippen molar-refractivity contribution in [2.24, 2.45) is 0 Å². The molecule has 1 fully saturated rings. The van der Waals surface area contributed by atoms with E-state index in [-0.39, 0.29) is 31.2 Å². The SMILES string of the molecule is CN1CC(=O)N2C(Cc3c(cc4ccccn34)[C@H]2c2ccc3c(c2)OCO3)C1=O. The number of pyridine rings is 1. The van der Waals surface area contributed by atoms with E-state index in [2.05, 4.69) is 10.5 Å². The number of nitrogens with zero attached hydrogens (tertiary/aromatic N) is 3. The van der Waals surface area contributed by atoms with Crippen LogP contribution in [0.4, 0.5) is 0 Å². The molecule has 2 aromatic heterocycles. The van der Waals surface area contributed by atoms with Crippen molar-refractivity contribution in [3.63, 3.8) is 0 Å². The fourth-order valence-electron chi connectivity index (χ4n) is 4.83. The molecule has 6 rings (SSSR count). The Morgan fingerprint density at radius 1 is 1.03 bits per heavy atom. The maximum absolute atomic E-state index is 13.1. The average Bonchev–Trinajstić information content (AvgIpc) is 3.34. The summed E-state index contributed by atoms with van der Waals surface area (Å²) in [6, 6.07) is 13.1. The van der Waals surface area contributed by atoms with Crippen molar-refractivity contribution >= 4 is 17.3 Å². The van der Waals surface area contributed by atoms with Crippen molar-refractivity contribution in [2.75, 3.05) is 20.4 Å². The van der Waals surface area contributed by atoms with Crippen LogP contribution in [0.15, 0.2) is 48.7 Å². The first-order chi connectivity index (χ1) is 14.1. The summed E-state index contributed by atoms with van der Waals surface area (Å²) in [7, 11) is 1.69. The van der Waals surface area contributed by atoms with Gasteiger partial charge in [0.1, 0.15) is 6.04 Å². The molecule has 7 nitrogen and oxygen atoms in total. The van der Waals surface area contributed by atoms with E-state index in [1.807, 2.05) is 42.6 Å². The molecule has 1 aromatic carbocycles. The van der Waals surface area contributed by atoms with Crippen molar-refractivity contribution < 1.29 is 19.1 Å². The van der Waals surface area contributed by atoms with Crippen LogP contribution in [-0.4, -0.2) is 52.4 Å². The van der Waals surface area contributed by atoms with E-state index < -0.39 is 6.04 Å². The molecular weight excluding hydrogens is 370 g/mol. The summed E-state index contributed by atoms with van der Waals surface area (Å²) in [5, 5.41) is 0. The van der Waals surface area contributed by atoms with E-state index in [1.165, 1.54) is 4.90 Å². The van der Waals surface area contributed by atoms with Crippen molar-refractivity contribution in [1.82, 2.24) is 14.2 Å². The number of likely N-dealkylation sites (N-methyl/N-ethyl adjacent to an activating group) is 1. The molecule has 3 aromatic rings. The van der Waals surface area contributed by atoms with Crippen molar-refractivity contribution in [3.8, 4) is 11.5 Å². The molecule has 7 heteroatoms. The highest BCUT2D eigenvalue weighted by molar-refractivity contribution is 5.96. The summed E-state index contributed by atoms with van der Waals surface area (Å²) < 4.78 is 13.1. The summed E-state index contributed by atoms with van der Waals surface area (Å²) >= 11 is 0. The lowest BCUT2D eigenvalue weighted by atomic mass is 9.86. The van der Waals surface area contributed by atoms with Crippen molar-refractivity contribution in [1.29, 1.82) is 0 Å². The molecule has 0 bridgehead atoms. The van der Waals surface area contributed by atoms with Gasteiger partial charge in [-0.15, -0.1) is 0 Å². The topological polar surface area (TPSA) is 63.5 Å². The second-order valence-corrected chi connectivity index (χ2v) is 7.77. The Hall–Kier alpha value is -3.48. The number of benzene rings is 1. The Morgan fingerprint density at radius 3 is 2.79 bits per heavy atom. The highest BCUT2D eigenvalue weighted by Crippen LogP contribution is 2.44. The van der Waals surface area contributed by atoms with Gasteiger partial charge in [-0.25, -0.2) is 0 Å². The van der Waals surface area contributed by atoms with Crippen LogP contribution in [0.25, 0.3) is 5.52 Å². The van der Waals surface area contributed by atoms with Crippen LogP contribution in [0.5, 0.6) is 11.5 Å². The van der Waals surface area contributed by atoms with Crippen LogP contribution < -0.4 is 9.47 Å². The number of aromatic nitrogens is 1. The number of rotatable bonds is 1. The highest BCUT2D eigenvalue weighted by Gasteiger charge is 2.47. The molecule has 2 amide bonds. The molecule has 3 aliphatic heterocycles. The number of amides is 2. The first kappa shape index (κ1) is 16.5. The van der Waals surface area contributed by atoms with Crippen LogP contribution in [-0.2, 0) is 16.0 Å². The predicted octanol–water partition coefficient (Wildman–Crippen LogP) is 1.98. The minimum Gasteiger partial charge on any atom is -0.454 e. The largest absolute Gasteiger partial charge is 0.454 e. The number of hydrogen-bond donors (Lipinski definition) is 0. The maximum atomic E-state index is 13.1. The number of carbonyl (C=O) groups excluding carboxylic acids is 2. The van der Waals surface area contributed by atoms with E-state index in [0.717, 1.165) is 22.3 Å². The molecule has 3 aliphatic rings. The standard InChI is InChI=1S/C22H19N3O4/c1-23-11-20(26)25-17(22(23)27)10-16-15(9-14-4-2-3-7-24(14)16)21(25)13-5-6-18-19(8-13)29-12-28-18/h2-9,17,21H,10-12H2,1H3/t17?,21-/m1/s1. The van der Waals surface area contributed by atoms with Crippen LogP contribution in [0.2, 0.25) is 0 Å². The lowest BCUT2D eigenvalue weighted by Crippen LogP contribution is -2.62. The van der Waals surface area contributed by atoms with Gasteiger partial charge in [0.15, 0.2) is 11.5 Å². The first-order valence-electron chi connectivity index (χ1n) is 9.66. The number of fused-ring (bicyclic) bond motifs is 5. The molecule has 0 spiro atoms. The molecule has 29 heavy (non-hydrogen) atoms. The Balaban J connectivity index is 1.59. The Morgan fingerprint density at radius 2 is 1.90 bits per heavy atom. The molecule has 0 N–H and O–H groups in total. The van der Waals surface area contributed by atoms with Gasteiger partial charge in [0.2, 0.25) is 18.6 Å². The van der Waals surface area contributed by atoms with Gasteiger partial charge in [-0.1, -0.05) is 12.1 Å². The van der Waals surface area contributed by atoms with Crippen LogP contribution in [0, 0.1) is 0 Å². The van der Waals surface area contributed by atoms with E-state index in [1.54, 1.807) is 11.9 Å². The monoisotopic (exact) mass is 389 g/mol. The van der Waals surface area contributed by atoms with Crippen molar-refractivity contribution in [2.45, 2.75) is 18.5 Å². The number of ether oxygens (including phenoxy) is 2. The molecule has 1 unspecified atom stereocenters. The minimum absolute atomic E-state index is 0.0214. The van der Waals surface area contributed by atoms with E-state index in [0.29, 0.717) is 17.9 Å². The van der Waals surface area contributed by atoms with Crippen LogP contribution in [0.1, 0.15) is 22.9 Å². The Kier molecular flexibility index (Phi) is 3.27. The third-order valence-corrected chi connectivity index (χ3v) is 6.15. The quantitative estimate of drug-likeness (QED) is 0.639. The molecule has 1 saturated heterocycles. The Bertz CT molecular complexity index is 1180. The van der Waals surface area contributed by atoms with Gasteiger partial charge >= 0.3 is 0 Å². The first-order valence-corrected chi connectivity index (χ1v) is 9.66. The van der Waals surface area contributed by atoms with Gasteiger partial charge < -0.3 is 23.7 Å². The summed E-state index contributed by atoms with van der Waals surface area (Å²) in [4.78, 5) is 29.4. The molecular formula is C22H19N3O4. The summed E-state index contributed by atoms with van der Waals surface area (Å²) in [6.45, 7) is 0.290. The summed E-state index contributed by atoms with van der Waals surface area (Å²) in [5.41, 5.74) is 4.09. The van der Waals surface area contributed by atoms with Crippen LogP contribution >= 0.6 is 0 Å².